The molecule has 18 heavy (non-hydrogen) atoms. The maximum atomic E-state index is 11.1. The van der Waals surface area contributed by atoms with Gasteiger partial charge >= 0.3 is 0 Å². The molecule has 0 unspecified atom stereocenters. The van der Waals surface area contributed by atoms with Crippen molar-refractivity contribution in [1.29, 1.82) is 0 Å². The van der Waals surface area contributed by atoms with E-state index < -0.39 is 0 Å². The predicted octanol–water partition coefficient (Wildman–Crippen LogP) is 2.77. The summed E-state index contributed by atoms with van der Waals surface area (Å²) in [6.45, 7) is 9.43. The van der Waals surface area contributed by atoms with Gasteiger partial charge in [0, 0.05) is 38.8 Å². The Kier molecular flexibility index (Phi) is 6.26. The zero-order chi connectivity index (χ0) is 13.4. The van der Waals surface area contributed by atoms with Gasteiger partial charge in [-0.1, -0.05) is 38.5 Å². The van der Waals surface area contributed by atoms with E-state index in [1.54, 1.807) is 6.92 Å². The van der Waals surface area contributed by atoms with Gasteiger partial charge in [-0.3, -0.25) is 4.79 Å². The largest absolute Gasteiger partial charge is 0.368 e. The van der Waals surface area contributed by atoms with Crippen LogP contribution >= 0.6 is 0 Å². The Bertz CT molecular complexity index is 343. The number of carbonyl (C=O) groups excluding carboxylic acids is 1. The molecule has 0 spiro atoms. The highest BCUT2D eigenvalue weighted by Crippen LogP contribution is 2.15. The average Bonchev–Trinajstić information content (AvgIpc) is 2.41. The van der Waals surface area contributed by atoms with Crippen LogP contribution in [0.2, 0.25) is 0 Å². The highest BCUT2D eigenvalue weighted by molar-refractivity contribution is 5.73. The average molecular weight is 248 g/mol. The topological polar surface area (TPSA) is 23.6 Å². The molecule has 0 N–H and O–H groups in total. The molecule has 1 aromatic rings. The van der Waals surface area contributed by atoms with Crippen molar-refractivity contribution in [1.82, 2.24) is 4.90 Å². The Hall–Kier alpha value is -1.51. The molecule has 1 saturated heterocycles. The highest BCUT2D eigenvalue weighted by atomic mass is 16.2. The van der Waals surface area contributed by atoms with E-state index in [1.807, 2.05) is 23.1 Å². The van der Waals surface area contributed by atoms with Gasteiger partial charge in [-0.15, -0.1) is 0 Å². The van der Waals surface area contributed by atoms with Crippen molar-refractivity contribution in [3.63, 3.8) is 0 Å². The molecule has 1 aliphatic rings. The summed E-state index contributed by atoms with van der Waals surface area (Å²) in [6.07, 6.45) is 1.25. The SMILES string of the molecule is CC(=O)N1CCN(c2ccccc2)CC1.CCC. The summed E-state index contributed by atoms with van der Waals surface area (Å²) in [7, 11) is 0. The molecular formula is C15H24N2O. The minimum absolute atomic E-state index is 0.183. The van der Waals surface area contributed by atoms with Gasteiger partial charge in [0.15, 0.2) is 0 Å². The summed E-state index contributed by atoms with van der Waals surface area (Å²) in [5, 5.41) is 0. The second-order valence-corrected chi connectivity index (χ2v) is 4.54. The van der Waals surface area contributed by atoms with Crippen molar-refractivity contribution in [2.75, 3.05) is 31.1 Å². The number of rotatable bonds is 1. The monoisotopic (exact) mass is 248 g/mol. The first-order valence-electron chi connectivity index (χ1n) is 6.74. The summed E-state index contributed by atoms with van der Waals surface area (Å²) in [6, 6.07) is 10.3. The van der Waals surface area contributed by atoms with E-state index in [1.165, 1.54) is 12.1 Å². The molecular weight excluding hydrogens is 224 g/mol. The van der Waals surface area contributed by atoms with E-state index in [9.17, 15) is 4.79 Å². The lowest BCUT2D eigenvalue weighted by atomic mass is 10.2. The van der Waals surface area contributed by atoms with Crippen molar-refractivity contribution >= 4 is 11.6 Å². The summed E-state index contributed by atoms with van der Waals surface area (Å²) in [5.74, 6) is 0.183. The molecule has 1 aliphatic heterocycles. The van der Waals surface area contributed by atoms with Gasteiger partial charge in [0.2, 0.25) is 5.91 Å². The molecule has 0 atom stereocenters. The lowest BCUT2D eigenvalue weighted by Gasteiger charge is -2.35. The van der Waals surface area contributed by atoms with Gasteiger partial charge in [-0.2, -0.15) is 0 Å². The first kappa shape index (κ1) is 14.6. The Morgan fingerprint density at radius 1 is 1.06 bits per heavy atom. The molecule has 2 rings (SSSR count). The van der Waals surface area contributed by atoms with Crippen LogP contribution in [0.25, 0.3) is 0 Å². The number of amides is 1. The van der Waals surface area contributed by atoms with E-state index >= 15 is 0 Å². The second kappa shape index (κ2) is 7.75. The van der Waals surface area contributed by atoms with Gasteiger partial charge in [-0.25, -0.2) is 0 Å². The van der Waals surface area contributed by atoms with Crippen molar-refractivity contribution < 1.29 is 4.79 Å². The lowest BCUT2D eigenvalue weighted by Crippen LogP contribution is -2.48. The molecule has 1 heterocycles. The molecule has 0 aliphatic carbocycles. The summed E-state index contributed by atoms with van der Waals surface area (Å²) < 4.78 is 0. The molecule has 1 aromatic carbocycles. The number of para-hydroxylation sites is 1. The highest BCUT2D eigenvalue weighted by Gasteiger charge is 2.18. The number of hydrogen-bond acceptors (Lipinski definition) is 2. The Labute approximate surface area is 110 Å². The number of hydrogen-bond donors (Lipinski definition) is 0. The van der Waals surface area contributed by atoms with Gasteiger partial charge in [-0.05, 0) is 12.1 Å². The van der Waals surface area contributed by atoms with Crippen LogP contribution in [0.15, 0.2) is 30.3 Å². The van der Waals surface area contributed by atoms with Crippen LogP contribution in [-0.4, -0.2) is 37.0 Å². The van der Waals surface area contributed by atoms with Gasteiger partial charge in [0.1, 0.15) is 0 Å². The van der Waals surface area contributed by atoms with Crippen LogP contribution in [0.4, 0.5) is 5.69 Å². The summed E-state index contributed by atoms with van der Waals surface area (Å²) >= 11 is 0. The second-order valence-electron chi connectivity index (χ2n) is 4.54. The molecule has 1 amide bonds. The first-order valence-corrected chi connectivity index (χ1v) is 6.74. The molecule has 3 nitrogen and oxygen atoms in total. The van der Waals surface area contributed by atoms with Gasteiger partial charge in [0.05, 0.1) is 0 Å². The van der Waals surface area contributed by atoms with Gasteiger partial charge < -0.3 is 9.80 Å². The molecule has 0 bridgehead atoms. The summed E-state index contributed by atoms with van der Waals surface area (Å²) in [5.41, 5.74) is 1.25. The van der Waals surface area contributed by atoms with Crippen molar-refractivity contribution in [3.05, 3.63) is 30.3 Å². The van der Waals surface area contributed by atoms with Crippen molar-refractivity contribution in [2.24, 2.45) is 0 Å². The Morgan fingerprint density at radius 3 is 2.00 bits per heavy atom. The van der Waals surface area contributed by atoms with Crippen LogP contribution in [0, 0.1) is 0 Å². The zero-order valence-corrected chi connectivity index (χ0v) is 11.7. The molecule has 0 aromatic heterocycles. The lowest BCUT2D eigenvalue weighted by molar-refractivity contribution is -0.129. The number of nitrogens with zero attached hydrogens (tertiary/aromatic N) is 2. The fourth-order valence-electron chi connectivity index (χ4n) is 1.92. The quantitative estimate of drug-likeness (QED) is 0.763. The number of carbonyl (C=O) groups is 1. The van der Waals surface area contributed by atoms with Crippen molar-refractivity contribution in [3.8, 4) is 0 Å². The standard InChI is InChI=1S/C12H16N2O.C3H8/c1-11(15)13-7-9-14(10-8-13)12-5-3-2-4-6-12;1-3-2/h2-6H,7-10H2,1H3;3H2,1-2H3. The van der Waals surface area contributed by atoms with Gasteiger partial charge in [0.25, 0.3) is 0 Å². The fourth-order valence-corrected chi connectivity index (χ4v) is 1.92. The van der Waals surface area contributed by atoms with Crippen LogP contribution in [0.5, 0.6) is 0 Å². The number of anilines is 1. The Morgan fingerprint density at radius 2 is 1.56 bits per heavy atom. The predicted molar refractivity (Wildman–Crippen MR) is 76.9 cm³/mol. The molecule has 3 heteroatoms. The third kappa shape index (κ3) is 4.40. The van der Waals surface area contributed by atoms with E-state index in [-0.39, 0.29) is 5.91 Å². The molecule has 0 radical (unpaired) electrons. The molecule has 0 saturated carbocycles. The summed E-state index contributed by atoms with van der Waals surface area (Å²) in [4.78, 5) is 15.4. The van der Waals surface area contributed by atoms with Crippen LogP contribution in [0.3, 0.4) is 0 Å². The maximum absolute atomic E-state index is 11.1. The van der Waals surface area contributed by atoms with Crippen LogP contribution in [0.1, 0.15) is 27.2 Å². The first-order chi connectivity index (χ1) is 8.69. The minimum atomic E-state index is 0.183. The number of piperazine rings is 1. The minimum Gasteiger partial charge on any atom is -0.368 e. The third-order valence-electron chi connectivity index (χ3n) is 2.85. The van der Waals surface area contributed by atoms with E-state index in [4.69, 9.17) is 0 Å². The molecule has 100 valence electrons. The maximum Gasteiger partial charge on any atom is 0.219 e. The van der Waals surface area contributed by atoms with Crippen LogP contribution in [-0.2, 0) is 4.79 Å². The number of benzene rings is 1. The van der Waals surface area contributed by atoms with Crippen LogP contribution < -0.4 is 4.90 Å². The fraction of sp³-hybridized carbons (Fsp3) is 0.533. The smallest absolute Gasteiger partial charge is 0.219 e. The van der Waals surface area contributed by atoms with E-state index in [0.29, 0.717) is 0 Å². The Balaban J connectivity index is 0.000000492. The normalized spacial score (nSPS) is 14.8. The zero-order valence-electron chi connectivity index (χ0n) is 11.7. The van der Waals surface area contributed by atoms with E-state index in [0.717, 1.165) is 26.2 Å². The van der Waals surface area contributed by atoms with Crippen molar-refractivity contribution in [2.45, 2.75) is 27.2 Å². The molecule has 1 fully saturated rings. The van der Waals surface area contributed by atoms with E-state index in [2.05, 4.69) is 30.9 Å². The third-order valence-corrected chi connectivity index (χ3v) is 2.85.